The molecule has 1 aliphatic rings. The highest BCUT2D eigenvalue weighted by atomic mass is 28.4. The van der Waals surface area contributed by atoms with E-state index >= 15 is 0 Å². The lowest BCUT2D eigenvalue weighted by molar-refractivity contribution is -0.145. The third-order valence-corrected chi connectivity index (χ3v) is 12.2. The van der Waals surface area contributed by atoms with Crippen molar-refractivity contribution in [3.8, 4) is 0 Å². The van der Waals surface area contributed by atoms with Gasteiger partial charge in [-0.1, -0.05) is 87.5 Å². The predicted molar refractivity (Wildman–Crippen MR) is 152 cm³/mol. The molecule has 0 saturated carbocycles. The molecule has 1 aromatic heterocycles. The second kappa shape index (κ2) is 11.3. The standard InChI is InChI=1S/C31H38N2O5Si/c1-30(2,3)39(5,6)37-22-26-19-13-18-25(32-26)20-31(4)28(34)38-27(24-16-11-8-12-17-24)33(31)29(35)36-21-23-14-9-7-10-15-23/h7-19,27H,20-22H2,1-6H3/t27-,31+/m0/s1. The number of amides is 1. The molecule has 2 aromatic carbocycles. The Morgan fingerprint density at radius 3 is 2.21 bits per heavy atom. The summed E-state index contributed by atoms with van der Waals surface area (Å²) in [6.45, 7) is 13.2. The van der Waals surface area contributed by atoms with Crippen molar-refractivity contribution in [2.24, 2.45) is 0 Å². The van der Waals surface area contributed by atoms with E-state index in [4.69, 9.17) is 18.9 Å². The second-order valence-electron chi connectivity index (χ2n) is 11.7. The van der Waals surface area contributed by atoms with Crippen molar-refractivity contribution >= 4 is 20.4 Å². The fraction of sp³-hybridized carbons (Fsp3) is 0.387. The van der Waals surface area contributed by atoms with Crippen LogP contribution in [0.5, 0.6) is 0 Å². The number of nitrogens with zero attached hydrogens (tertiary/aromatic N) is 2. The van der Waals surface area contributed by atoms with Crippen LogP contribution in [0.4, 0.5) is 4.79 Å². The number of ether oxygens (including phenoxy) is 2. The molecule has 1 aliphatic heterocycles. The molecule has 7 nitrogen and oxygen atoms in total. The summed E-state index contributed by atoms with van der Waals surface area (Å²) in [5.41, 5.74) is 1.67. The lowest BCUT2D eigenvalue weighted by atomic mass is 9.94. The highest BCUT2D eigenvalue weighted by Gasteiger charge is 2.56. The van der Waals surface area contributed by atoms with Crippen LogP contribution in [0.1, 0.15) is 56.4 Å². The lowest BCUT2D eigenvalue weighted by Gasteiger charge is -2.36. The van der Waals surface area contributed by atoms with E-state index in [-0.39, 0.29) is 18.1 Å². The number of carbonyl (C=O) groups is 2. The monoisotopic (exact) mass is 546 g/mol. The fourth-order valence-electron chi connectivity index (χ4n) is 4.25. The van der Waals surface area contributed by atoms with E-state index in [1.165, 1.54) is 4.90 Å². The molecule has 1 fully saturated rings. The molecule has 2 heterocycles. The summed E-state index contributed by atoms with van der Waals surface area (Å²) in [5.74, 6) is -0.502. The van der Waals surface area contributed by atoms with Gasteiger partial charge in [-0.15, -0.1) is 0 Å². The summed E-state index contributed by atoms with van der Waals surface area (Å²) in [6.07, 6.45) is -1.36. The number of rotatable bonds is 8. The maximum absolute atomic E-state index is 13.6. The van der Waals surface area contributed by atoms with Crippen LogP contribution in [0.3, 0.4) is 0 Å². The number of esters is 1. The number of hydrogen-bond acceptors (Lipinski definition) is 6. The molecule has 0 unspecified atom stereocenters. The summed E-state index contributed by atoms with van der Waals surface area (Å²) in [7, 11) is -1.96. The zero-order chi connectivity index (χ0) is 28.3. The zero-order valence-electron chi connectivity index (χ0n) is 23.6. The summed E-state index contributed by atoms with van der Waals surface area (Å²) < 4.78 is 17.9. The Labute approximate surface area is 232 Å². The number of hydrogen-bond donors (Lipinski definition) is 0. The van der Waals surface area contributed by atoms with Gasteiger partial charge in [0.05, 0.1) is 12.3 Å². The van der Waals surface area contributed by atoms with Crippen molar-refractivity contribution < 1.29 is 23.5 Å². The van der Waals surface area contributed by atoms with E-state index in [1.807, 2.05) is 78.9 Å². The van der Waals surface area contributed by atoms with Gasteiger partial charge in [-0.25, -0.2) is 9.59 Å². The van der Waals surface area contributed by atoms with Crippen molar-refractivity contribution in [1.82, 2.24) is 9.88 Å². The van der Waals surface area contributed by atoms with Crippen molar-refractivity contribution in [1.29, 1.82) is 0 Å². The number of benzene rings is 2. The van der Waals surface area contributed by atoms with E-state index < -0.39 is 32.1 Å². The Balaban J connectivity index is 1.59. The maximum atomic E-state index is 13.6. The van der Waals surface area contributed by atoms with Crippen LogP contribution in [-0.4, -0.2) is 35.8 Å². The van der Waals surface area contributed by atoms with Gasteiger partial charge in [0, 0.05) is 17.7 Å². The van der Waals surface area contributed by atoms with Gasteiger partial charge in [0.1, 0.15) is 6.61 Å². The average molecular weight is 547 g/mol. The normalized spacial score (nSPS) is 19.6. The number of aromatic nitrogens is 1. The quantitative estimate of drug-likeness (QED) is 0.228. The van der Waals surface area contributed by atoms with Crippen LogP contribution in [0.2, 0.25) is 18.1 Å². The molecule has 3 aromatic rings. The minimum absolute atomic E-state index is 0.0821. The van der Waals surface area contributed by atoms with Gasteiger partial charge >= 0.3 is 12.1 Å². The van der Waals surface area contributed by atoms with E-state index in [0.717, 1.165) is 11.3 Å². The van der Waals surface area contributed by atoms with Crippen LogP contribution in [0.25, 0.3) is 0 Å². The molecule has 0 N–H and O–H groups in total. The van der Waals surface area contributed by atoms with Gasteiger partial charge in [0.2, 0.25) is 6.23 Å². The van der Waals surface area contributed by atoms with E-state index in [9.17, 15) is 9.59 Å². The third kappa shape index (κ3) is 6.40. The highest BCUT2D eigenvalue weighted by molar-refractivity contribution is 6.74. The Bertz CT molecular complexity index is 1290. The van der Waals surface area contributed by atoms with Gasteiger partial charge in [0.25, 0.3) is 0 Å². The fourth-order valence-corrected chi connectivity index (χ4v) is 5.19. The van der Waals surface area contributed by atoms with Crippen LogP contribution in [0.15, 0.2) is 78.9 Å². The Kier molecular flexibility index (Phi) is 8.27. The van der Waals surface area contributed by atoms with Crippen molar-refractivity contribution in [2.75, 3.05) is 0 Å². The van der Waals surface area contributed by atoms with Gasteiger partial charge in [-0.05, 0) is 42.8 Å². The first-order valence-corrected chi connectivity index (χ1v) is 16.2. The molecular weight excluding hydrogens is 508 g/mol. The minimum Gasteiger partial charge on any atom is -0.444 e. The highest BCUT2D eigenvalue weighted by Crippen LogP contribution is 2.41. The molecule has 8 heteroatoms. The summed E-state index contributed by atoms with van der Waals surface area (Å²) in [5, 5.41) is 0.0821. The Morgan fingerprint density at radius 2 is 1.56 bits per heavy atom. The zero-order valence-corrected chi connectivity index (χ0v) is 24.6. The van der Waals surface area contributed by atoms with Gasteiger partial charge in [-0.2, -0.15) is 0 Å². The van der Waals surface area contributed by atoms with Crippen LogP contribution >= 0.6 is 0 Å². The summed E-state index contributed by atoms with van der Waals surface area (Å²) in [6, 6.07) is 24.4. The molecule has 0 spiro atoms. The molecule has 0 aliphatic carbocycles. The van der Waals surface area contributed by atoms with Crippen molar-refractivity contribution in [3.63, 3.8) is 0 Å². The van der Waals surface area contributed by atoms with E-state index in [2.05, 4.69) is 33.9 Å². The second-order valence-corrected chi connectivity index (χ2v) is 16.5. The van der Waals surface area contributed by atoms with Gasteiger partial charge in [0.15, 0.2) is 13.9 Å². The first-order chi connectivity index (χ1) is 18.4. The maximum Gasteiger partial charge on any atom is 0.414 e. The molecule has 2 atom stereocenters. The van der Waals surface area contributed by atoms with Gasteiger partial charge < -0.3 is 13.9 Å². The summed E-state index contributed by atoms with van der Waals surface area (Å²) >= 11 is 0. The molecule has 0 radical (unpaired) electrons. The smallest absolute Gasteiger partial charge is 0.414 e. The first kappa shape index (κ1) is 28.5. The molecule has 1 saturated heterocycles. The summed E-state index contributed by atoms with van der Waals surface area (Å²) in [4.78, 5) is 33.2. The SMILES string of the molecule is CC(C)(C)[Si](C)(C)OCc1cccc(C[C@]2(C)C(=O)O[C@@H](c3ccccc3)N2C(=O)OCc2ccccc2)n1. The first-order valence-electron chi connectivity index (χ1n) is 13.3. The van der Waals surface area contributed by atoms with Crippen LogP contribution < -0.4 is 0 Å². The van der Waals surface area contributed by atoms with E-state index in [0.29, 0.717) is 17.9 Å². The molecule has 4 rings (SSSR count). The molecule has 39 heavy (non-hydrogen) atoms. The van der Waals surface area contributed by atoms with E-state index in [1.54, 1.807) is 6.92 Å². The van der Waals surface area contributed by atoms with Gasteiger partial charge in [-0.3, -0.25) is 9.88 Å². The largest absolute Gasteiger partial charge is 0.444 e. The number of cyclic esters (lactones) is 1. The minimum atomic E-state index is -1.96. The van der Waals surface area contributed by atoms with Crippen molar-refractivity contribution in [3.05, 3.63) is 101 Å². The predicted octanol–water partition coefficient (Wildman–Crippen LogP) is 6.80. The van der Waals surface area contributed by atoms with Crippen LogP contribution in [0, 0.1) is 0 Å². The molecular formula is C31H38N2O5Si. The number of pyridine rings is 1. The molecule has 206 valence electrons. The van der Waals surface area contributed by atoms with Crippen molar-refractivity contribution in [2.45, 2.75) is 77.2 Å². The number of carbonyl (C=O) groups excluding carboxylic acids is 2. The molecule has 1 amide bonds. The lowest BCUT2D eigenvalue weighted by Crippen LogP contribution is -2.51. The third-order valence-electron chi connectivity index (χ3n) is 7.69. The Morgan fingerprint density at radius 1 is 0.949 bits per heavy atom. The molecule has 0 bridgehead atoms. The Hall–Kier alpha value is -3.49. The average Bonchev–Trinajstić information content (AvgIpc) is 3.16. The van der Waals surface area contributed by atoms with Crippen LogP contribution in [-0.2, 0) is 38.3 Å². The topological polar surface area (TPSA) is 78.0 Å².